The van der Waals surface area contributed by atoms with Gasteiger partial charge < -0.3 is 4.74 Å². The Labute approximate surface area is 177 Å². The molecule has 29 heavy (non-hydrogen) atoms. The molecular weight excluding hydrogens is 380 g/mol. The lowest BCUT2D eigenvalue weighted by Gasteiger charge is -2.15. The molecule has 2 nitrogen and oxygen atoms in total. The molecule has 3 aromatic carbocycles. The fourth-order valence-corrected chi connectivity index (χ4v) is 3.42. The summed E-state index contributed by atoms with van der Waals surface area (Å²) in [5, 5.41) is 0.594. The van der Waals surface area contributed by atoms with Gasteiger partial charge in [-0.05, 0) is 68.2 Å². The van der Waals surface area contributed by atoms with Crippen LogP contribution < -0.4 is 0 Å². The van der Waals surface area contributed by atoms with Gasteiger partial charge in [0.05, 0.1) is 5.56 Å². The van der Waals surface area contributed by atoms with Crippen molar-refractivity contribution in [2.75, 3.05) is 0 Å². The Morgan fingerprint density at radius 3 is 2.28 bits per heavy atom. The predicted molar refractivity (Wildman–Crippen MR) is 120 cm³/mol. The average molecular weight is 405 g/mol. The highest BCUT2D eigenvalue weighted by Crippen LogP contribution is 2.17. The summed E-state index contributed by atoms with van der Waals surface area (Å²) in [5.74, 6) is -0.343. The molecule has 0 radical (unpaired) electrons. The molecule has 0 aliphatic rings. The van der Waals surface area contributed by atoms with E-state index in [0.717, 1.165) is 12.0 Å². The monoisotopic (exact) mass is 404 g/mol. The van der Waals surface area contributed by atoms with E-state index in [1.165, 1.54) is 16.7 Å². The van der Waals surface area contributed by atoms with Crippen molar-refractivity contribution < 1.29 is 9.53 Å². The van der Waals surface area contributed by atoms with Gasteiger partial charge in [0.1, 0.15) is 6.10 Å². The minimum Gasteiger partial charge on any atom is -0.455 e. The van der Waals surface area contributed by atoms with E-state index in [0.29, 0.717) is 17.0 Å². The van der Waals surface area contributed by atoms with Crippen LogP contribution in [0.25, 0.3) is 6.08 Å². The van der Waals surface area contributed by atoms with Crippen LogP contribution in [0.15, 0.2) is 78.9 Å². The largest absolute Gasteiger partial charge is 0.455 e. The van der Waals surface area contributed by atoms with Crippen molar-refractivity contribution in [1.29, 1.82) is 0 Å². The summed E-state index contributed by atoms with van der Waals surface area (Å²) in [7, 11) is 0. The highest BCUT2D eigenvalue weighted by molar-refractivity contribution is 6.30. The van der Waals surface area contributed by atoms with Gasteiger partial charge in [0.15, 0.2) is 0 Å². The van der Waals surface area contributed by atoms with Crippen molar-refractivity contribution in [3.63, 3.8) is 0 Å². The van der Waals surface area contributed by atoms with E-state index in [1.54, 1.807) is 24.3 Å². The maximum Gasteiger partial charge on any atom is 0.338 e. The van der Waals surface area contributed by atoms with Gasteiger partial charge in [0.2, 0.25) is 0 Å². The second-order valence-corrected chi connectivity index (χ2v) is 7.69. The molecule has 3 heteroatoms. The van der Waals surface area contributed by atoms with Gasteiger partial charge in [-0.2, -0.15) is 0 Å². The molecule has 0 saturated heterocycles. The van der Waals surface area contributed by atoms with Crippen LogP contribution in [-0.2, 0) is 11.2 Å². The van der Waals surface area contributed by atoms with Crippen molar-refractivity contribution in [3.05, 3.63) is 112 Å². The lowest BCUT2D eigenvalue weighted by Crippen LogP contribution is -2.17. The number of hydrogen-bond donors (Lipinski definition) is 0. The van der Waals surface area contributed by atoms with E-state index < -0.39 is 0 Å². The third kappa shape index (κ3) is 6.62. The summed E-state index contributed by atoms with van der Waals surface area (Å²) >= 11 is 5.92. The normalized spacial score (nSPS) is 12.1. The maximum atomic E-state index is 12.6. The Hall–Kier alpha value is -2.84. The Morgan fingerprint density at radius 2 is 1.62 bits per heavy atom. The van der Waals surface area contributed by atoms with E-state index in [2.05, 4.69) is 32.0 Å². The molecule has 0 fully saturated rings. The zero-order chi connectivity index (χ0) is 20.6. The molecule has 0 aliphatic carbocycles. The predicted octanol–water partition coefficient (Wildman–Crippen LogP) is 6.83. The SMILES string of the molecule is Cc1cc(C)cc(CC[C@H](/C=C/c2ccccc2)OC(=O)c2ccc(Cl)cc2)c1. The second kappa shape index (κ2) is 10.1. The maximum absolute atomic E-state index is 12.6. The number of rotatable bonds is 7. The van der Waals surface area contributed by atoms with Crippen molar-refractivity contribution in [2.24, 2.45) is 0 Å². The van der Waals surface area contributed by atoms with Crippen molar-refractivity contribution in [3.8, 4) is 0 Å². The summed E-state index contributed by atoms with van der Waals surface area (Å²) in [6.07, 6.45) is 5.19. The fraction of sp³-hybridized carbons (Fsp3) is 0.192. The Kier molecular flexibility index (Phi) is 7.26. The molecule has 0 unspecified atom stereocenters. The molecule has 148 valence electrons. The van der Waals surface area contributed by atoms with Gasteiger partial charge in [-0.1, -0.05) is 77.3 Å². The van der Waals surface area contributed by atoms with E-state index in [-0.39, 0.29) is 12.1 Å². The highest BCUT2D eigenvalue weighted by Gasteiger charge is 2.14. The van der Waals surface area contributed by atoms with Crippen LogP contribution >= 0.6 is 11.6 Å². The summed E-state index contributed by atoms with van der Waals surface area (Å²) in [5.41, 5.74) is 5.32. The van der Waals surface area contributed by atoms with Gasteiger partial charge in [-0.3, -0.25) is 0 Å². The van der Waals surface area contributed by atoms with Crippen LogP contribution in [0.5, 0.6) is 0 Å². The molecule has 0 N–H and O–H groups in total. The van der Waals surface area contributed by atoms with Crippen molar-refractivity contribution >= 4 is 23.6 Å². The summed E-state index contributed by atoms with van der Waals surface area (Å²) < 4.78 is 5.81. The van der Waals surface area contributed by atoms with Crippen LogP contribution in [0.2, 0.25) is 5.02 Å². The Morgan fingerprint density at radius 1 is 0.966 bits per heavy atom. The number of esters is 1. The molecule has 1 atom stereocenters. The number of benzene rings is 3. The van der Waals surface area contributed by atoms with E-state index >= 15 is 0 Å². The van der Waals surface area contributed by atoms with E-state index in [9.17, 15) is 4.79 Å². The van der Waals surface area contributed by atoms with Gasteiger partial charge in [-0.15, -0.1) is 0 Å². The highest BCUT2D eigenvalue weighted by atomic mass is 35.5. The number of ether oxygens (including phenoxy) is 1. The molecule has 0 amide bonds. The molecule has 3 rings (SSSR count). The van der Waals surface area contributed by atoms with Crippen LogP contribution in [0.1, 0.15) is 39.0 Å². The van der Waals surface area contributed by atoms with E-state index in [4.69, 9.17) is 16.3 Å². The fourth-order valence-electron chi connectivity index (χ4n) is 3.29. The molecule has 0 aromatic heterocycles. The van der Waals surface area contributed by atoms with Gasteiger partial charge in [-0.25, -0.2) is 4.79 Å². The molecule has 0 heterocycles. The first-order chi connectivity index (χ1) is 14.0. The molecule has 3 aromatic rings. The topological polar surface area (TPSA) is 26.3 Å². The molecule has 0 bridgehead atoms. The van der Waals surface area contributed by atoms with Crippen molar-refractivity contribution in [1.82, 2.24) is 0 Å². The number of carbonyl (C=O) groups excluding carboxylic acids is 1. The summed E-state index contributed by atoms with van der Waals surface area (Å²) in [6.45, 7) is 4.20. The average Bonchev–Trinajstić information content (AvgIpc) is 2.70. The zero-order valence-corrected chi connectivity index (χ0v) is 17.5. The molecule has 0 spiro atoms. The standard InChI is InChI=1S/C26H25ClO2/c1-19-16-20(2)18-22(17-19)9-15-25(14-8-21-6-4-3-5-7-21)29-26(28)23-10-12-24(27)13-11-23/h3-8,10-14,16-18,25H,9,15H2,1-2H3/b14-8+/t25-/m0/s1. The first-order valence-corrected chi connectivity index (χ1v) is 10.1. The second-order valence-electron chi connectivity index (χ2n) is 7.26. The number of halogens is 1. The van der Waals surface area contributed by atoms with Crippen LogP contribution in [-0.4, -0.2) is 12.1 Å². The third-order valence-electron chi connectivity index (χ3n) is 4.64. The summed E-state index contributed by atoms with van der Waals surface area (Å²) in [6, 6.07) is 23.3. The quantitative estimate of drug-likeness (QED) is 0.403. The third-order valence-corrected chi connectivity index (χ3v) is 4.89. The smallest absolute Gasteiger partial charge is 0.338 e. The van der Waals surface area contributed by atoms with Gasteiger partial charge in [0.25, 0.3) is 0 Å². The lowest BCUT2D eigenvalue weighted by molar-refractivity contribution is 0.0382. The van der Waals surface area contributed by atoms with Crippen molar-refractivity contribution in [2.45, 2.75) is 32.8 Å². The molecular formula is C26H25ClO2. The van der Waals surface area contributed by atoms with Crippen LogP contribution in [0.4, 0.5) is 0 Å². The van der Waals surface area contributed by atoms with Crippen LogP contribution in [0.3, 0.4) is 0 Å². The van der Waals surface area contributed by atoms with E-state index in [1.807, 2.05) is 42.5 Å². The van der Waals surface area contributed by atoms with Crippen LogP contribution in [0, 0.1) is 13.8 Å². The first-order valence-electron chi connectivity index (χ1n) is 9.76. The zero-order valence-electron chi connectivity index (χ0n) is 16.8. The van der Waals surface area contributed by atoms with Gasteiger partial charge in [0, 0.05) is 5.02 Å². The minimum atomic E-state index is -0.343. The minimum absolute atomic E-state index is 0.320. The lowest BCUT2D eigenvalue weighted by atomic mass is 10.0. The number of carbonyl (C=O) groups is 1. The summed E-state index contributed by atoms with van der Waals surface area (Å²) in [4.78, 5) is 12.6. The van der Waals surface area contributed by atoms with Gasteiger partial charge >= 0.3 is 5.97 Å². The Bertz CT molecular complexity index is 955. The molecule has 0 aliphatic heterocycles. The first kappa shape index (κ1) is 20.9. The number of hydrogen-bond acceptors (Lipinski definition) is 2. The number of aryl methyl sites for hydroxylation is 3. The Balaban J connectivity index is 1.74. The molecule has 0 saturated carbocycles.